The van der Waals surface area contributed by atoms with E-state index < -0.39 is 34.5 Å². The van der Waals surface area contributed by atoms with Crippen molar-refractivity contribution < 1.29 is 32.3 Å². The van der Waals surface area contributed by atoms with Crippen LogP contribution in [0, 0.1) is 0 Å². The predicted octanol–water partition coefficient (Wildman–Crippen LogP) is 1.75. The standard InChI is InChI=1S/C20H23ClN4O7S/c1-2-3-8-33(29,30)25-18(27)14-9-16(31-12-13-4-6-15(21)7-5-13)19(23-11-14)32-20(28)24-17(26)10-22/h4-7,9,11H,2-3,8,10,12,22H2,1H3,(H,25,27)(H,24,26,28). The fourth-order valence-corrected chi connectivity index (χ4v) is 3.64. The summed E-state index contributed by atoms with van der Waals surface area (Å²) in [7, 11) is -3.83. The minimum atomic E-state index is -3.83. The van der Waals surface area contributed by atoms with Gasteiger partial charge in [-0.1, -0.05) is 37.1 Å². The number of amides is 3. The number of aromatic nitrogens is 1. The fraction of sp³-hybridized carbons (Fsp3) is 0.300. The highest BCUT2D eigenvalue weighted by Crippen LogP contribution is 2.27. The van der Waals surface area contributed by atoms with Crippen molar-refractivity contribution >= 4 is 39.5 Å². The van der Waals surface area contributed by atoms with Crippen LogP contribution in [0.3, 0.4) is 0 Å². The number of hydrogen-bond acceptors (Lipinski definition) is 9. The highest BCUT2D eigenvalue weighted by atomic mass is 35.5. The molecule has 33 heavy (non-hydrogen) atoms. The number of unbranched alkanes of at least 4 members (excludes halogenated alkanes) is 1. The van der Waals surface area contributed by atoms with E-state index in [1.807, 2.05) is 17.0 Å². The van der Waals surface area contributed by atoms with Gasteiger partial charge in [0.05, 0.1) is 17.9 Å². The third kappa shape index (κ3) is 8.67. The fourth-order valence-electron chi connectivity index (χ4n) is 2.34. The van der Waals surface area contributed by atoms with Crippen molar-refractivity contribution in [1.82, 2.24) is 15.0 Å². The molecule has 0 saturated carbocycles. The van der Waals surface area contributed by atoms with Crippen LogP contribution < -0.4 is 25.2 Å². The largest absolute Gasteiger partial charge is 0.483 e. The molecule has 2 aromatic rings. The van der Waals surface area contributed by atoms with Gasteiger partial charge in [0.1, 0.15) is 6.61 Å². The summed E-state index contributed by atoms with van der Waals surface area (Å²) in [5, 5.41) is 2.40. The Bertz CT molecular complexity index is 1110. The zero-order valence-electron chi connectivity index (χ0n) is 17.7. The molecule has 1 heterocycles. The van der Waals surface area contributed by atoms with Crippen LogP contribution in [0.2, 0.25) is 5.02 Å². The molecule has 0 saturated heterocycles. The Labute approximate surface area is 195 Å². The van der Waals surface area contributed by atoms with E-state index in [1.165, 1.54) is 6.07 Å². The highest BCUT2D eigenvalue weighted by Gasteiger charge is 2.20. The molecule has 0 aliphatic rings. The number of carbonyl (C=O) groups excluding carboxylic acids is 3. The van der Waals surface area contributed by atoms with Gasteiger partial charge in [0.25, 0.3) is 11.8 Å². The van der Waals surface area contributed by atoms with Gasteiger partial charge in [-0.05, 0) is 24.1 Å². The van der Waals surface area contributed by atoms with Gasteiger partial charge in [0.2, 0.25) is 15.9 Å². The minimum absolute atomic E-state index is 0.0154. The van der Waals surface area contributed by atoms with Gasteiger partial charge in [-0.25, -0.2) is 22.9 Å². The summed E-state index contributed by atoms with van der Waals surface area (Å²) in [5.74, 6) is -2.41. The van der Waals surface area contributed by atoms with Crippen molar-refractivity contribution in [2.75, 3.05) is 12.3 Å². The first-order chi connectivity index (χ1) is 15.6. The van der Waals surface area contributed by atoms with E-state index in [0.717, 1.165) is 6.20 Å². The number of pyridine rings is 1. The molecule has 1 aromatic heterocycles. The molecule has 0 aliphatic carbocycles. The van der Waals surface area contributed by atoms with Crippen molar-refractivity contribution in [1.29, 1.82) is 0 Å². The zero-order chi connectivity index (χ0) is 24.4. The average Bonchev–Trinajstić information content (AvgIpc) is 2.77. The molecule has 0 spiro atoms. The van der Waals surface area contributed by atoms with E-state index in [0.29, 0.717) is 23.4 Å². The van der Waals surface area contributed by atoms with Gasteiger partial charge >= 0.3 is 6.09 Å². The molecule has 4 N–H and O–H groups in total. The van der Waals surface area contributed by atoms with Crippen LogP contribution in [0.25, 0.3) is 0 Å². The highest BCUT2D eigenvalue weighted by molar-refractivity contribution is 7.90. The van der Waals surface area contributed by atoms with E-state index in [4.69, 9.17) is 26.8 Å². The quantitative estimate of drug-likeness (QED) is 0.442. The summed E-state index contributed by atoms with van der Waals surface area (Å²) >= 11 is 5.86. The van der Waals surface area contributed by atoms with Crippen LogP contribution in [-0.4, -0.2) is 43.6 Å². The topological polar surface area (TPSA) is 167 Å². The van der Waals surface area contributed by atoms with Crippen LogP contribution >= 0.6 is 11.6 Å². The third-order valence-corrected chi connectivity index (χ3v) is 5.59. The average molecular weight is 499 g/mol. The molecule has 2 rings (SSSR count). The lowest BCUT2D eigenvalue weighted by Crippen LogP contribution is -2.37. The van der Waals surface area contributed by atoms with E-state index in [2.05, 4.69) is 4.98 Å². The Morgan fingerprint density at radius 2 is 1.88 bits per heavy atom. The smallest absolute Gasteiger partial charge is 0.420 e. The van der Waals surface area contributed by atoms with E-state index in [-0.39, 0.29) is 29.6 Å². The molecule has 0 radical (unpaired) electrons. The Morgan fingerprint density at radius 3 is 2.52 bits per heavy atom. The number of benzene rings is 1. The number of sulfonamides is 1. The summed E-state index contributed by atoms with van der Waals surface area (Å²) in [6, 6.07) is 7.85. The second-order valence-corrected chi connectivity index (χ2v) is 8.97. The summed E-state index contributed by atoms with van der Waals surface area (Å²) in [5.41, 5.74) is 5.69. The summed E-state index contributed by atoms with van der Waals surface area (Å²) in [4.78, 5) is 39.4. The number of nitrogens with two attached hydrogens (primary N) is 1. The lowest BCUT2D eigenvalue weighted by Gasteiger charge is -2.13. The van der Waals surface area contributed by atoms with Crippen LogP contribution in [0.15, 0.2) is 36.5 Å². The van der Waals surface area contributed by atoms with E-state index in [9.17, 15) is 22.8 Å². The third-order valence-electron chi connectivity index (χ3n) is 4.02. The number of halogens is 1. The lowest BCUT2D eigenvalue weighted by molar-refractivity contribution is -0.118. The predicted molar refractivity (Wildman–Crippen MR) is 119 cm³/mol. The first-order valence-corrected chi connectivity index (χ1v) is 11.8. The number of carbonyl (C=O) groups is 3. The van der Waals surface area contributed by atoms with Crippen LogP contribution in [0.1, 0.15) is 35.7 Å². The van der Waals surface area contributed by atoms with Crippen LogP contribution in [0.5, 0.6) is 11.6 Å². The SMILES string of the molecule is CCCCS(=O)(=O)NC(=O)c1cnc(OC(=O)NC(=O)CN)c(OCc2ccc(Cl)cc2)c1. The van der Waals surface area contributed by atoms with Crippen molar-refractivity contribution in [3.63, 3.8) is 0 Å². The molecule has 11 nitrogen and oxygen atoms in total. The van der Waals surface area contributed by atoms with Gasteiger partial charge in [-0.2, -0.15) is 0 Å². The number of nitrogens with zero attached hydrogens (tertiary/aromatic N) is 1. The zero-order valence-corrected chi connectivity index (χ0v) is 19.2. The van der Waals surface area contributed by atoms with E-state index in [1.54, 1.807) is 24.3 Å². The summed E-state index contributed by atoms with van der Waals surface area (Å²) in [6.07, 6.45) is 0.876. The monoisotopic (exact) mass is 498 g/mol. The van der Waals surface area contributed by atoms with Gasteiger partial charge in [0, 0.05) is 17.3 Å². The molecule has 13 heteroatoms. The summed E-state index contributed by atoms with van der Waals surface area (Å²) in [6.45, 7) is 1.37. The number of nitrogens with one attached hydrogen (secondary N) is 2. The number of rotatable bonds is 10. The number of hydrogen-bond donors (Lipinski definition) is 3. The molecule has 0 bridgehead atoms. The Balaban J connectivity index is 2.25. The maximum absolute atomic E-state index is 12.4. The molecule has 178 valence electrons. The van der Waals surface area contributed by atoms with Crippen LogP contribution in [0.4, 0.5) is 4.79 Å². The molecule has 0 atom stereocenters. The first-order valence-electron chi connectivity index (χ1n) is 9.77. The van der Waals surface area contributed by atoms with Crippen LogP contribution in [-0.2, 0) is 21.4 Å². The first kappa shape index (κ1) is 26.0. The summed E-state index contributed by atoms with van der Waals surface area (Å²) < 4.78 is 36.6. The maximum Gasteiger partial charge on any atom is 0.420 e. The second-order valence-electron chi connectivity index (χ2n) is 6.69. The number of ether oxygens (including phenoxy) is 2. The molecule has 0 fully saturated rings. The normalized spacial score (nSPS) is 10.9. The van der Waals surface area contributed by atoms with Gasteiger partial charge in [-0.3, -0.25) is 14.9 Å². The van der Waals surface area contributed by atoms with E-state index >= 15 is 0 Å². The molecular weight excluding hydrogens is 476 g/mol. The Kier molecular flexibility index (Phi) is 9.57. The molecule has 3 amide bonds. The van der Waals surface area contributed by atoms with Gasteiger partial charge in [0.15, 0.2) is 5.75 Å². The minimum Gasteiger partial charge on any atom is -0.483 e. The molecule has 0 aliphatic heterocycles. The van der Waals surface area contributed by atoms with Crippen molar-refractivity contribution in [3.05, 3.63) is 52.7 Å². The lowest BCUT2D eigenvalue weighted by atomic mass is 10.2. The Morgan fingerprint density at radius 1 is 1.18 bits per heavy atom. The second kappa shape index (κ2) is 12.1. The maximum atomic E-state index is 12.4. The number of imide groups is 1. The van der Waals surface area contributed by atoms with Gasteiger partial charge in [-0.15, -0.1) is 0 Å². The van der Waals surface area contributed by atoms with Crippen molar-refractivity contribution in [3.8, 4) is 11.6 Å². The van der Waals surface area contributed by atoms with Crippen molar-refractivity contribution in [2.24, 2.45) is 5.73 Å². The van der Waals surface area contributed by atoms with Crippen molar-refractivity contribution in [2.45, 2.75) is 26.4 Å². The Hall–Kier alpha value is -3.22. The van der Waals surface area contributed by atoms with Gasteiger partial charge < -0.3 is 15.2 Å². The molecular formula is C20H23ClN4O7S. The molecule has 1 aromatic carbocycles. The molecule has 0 unspecified atom stereocenters.